The number of hydrogen-bond donors (Lipinski definition) is 1. The Hall–Kier alpha value is -1.06. The summed E-state index contributed by atoms with van der Waals surface area (Å²) < 4.78 is 4.70. The van der Waals surface area contributed by atoms with Crippen molar-refractivity contribution in [1.82, 2.24) is 0 Å². The van der Waals surface area contributed by atoms with Gasteiger partial charge >= 0.3 is 11.9 Å². The van der Waals surface area contributed by atoms with Crippen molar-refractivity contribution in [3.63, 3.8) is 0 Å². The first-order valence-corrected chi connectivity index (χ1v) is 5.35. The maximum absolute atomic E-state index is 10.7. The Kier molecular flexibility index (Phi) is 12.0. The first kappa shape index (κ1) is 16.4. The van der Waals surface area contributed by atoms with Gasteiger partial charge in [0.05, 0.1) is 18.9 Å². The summed E-state index contributed by atoms with van der Waals surface area (Å²) in [5.74, 6) is -1.44. The molecular weight excluding hydrogens is 196 g/mol. The van der Waals surface area contributed by atoms with Gasteiger partial charge in [-0.3, -0.25) is 9.59 Å². The molecule has 0 saturated carbocycles. The third-order valence-corrected chi connectivity index (χ3v) is 1.41. The van der Waals surface area contributed by atoms with Crippen LogP contribution in [0.2, 0.25) is 0 Å². The number of carbonyl (C=O) groups excluding carboxylic acids is 1. The van der Waals surface area contributed by atoms with Crippen molar-refractivity contribution in [2.45, 2.75) is 59.5 Å². The molecule has 15 heavy (non-hydrogen) atoms. The Morgan fingerprint density at radius 2 is 1.60 bits per heavy atom. The third-order valence-electron chi connectivity index (χ3n) is 1.41. The van der Waals surface area contributed by atoms with Crippen molar-refractivity contribution in [1.29, 1.82) is 0 Å². The van der Waals surface area contributed by atoms with E-state index in [1.54, 1.807) is 13.8 Å². The lowest BCUT2D eigenvalue weighted by molar-refractivity contribution is -0.150. The number of carbonyl (C=O) groups is 2. The summed E-state index contributed by atoms with van der Waals surface area (Å²) in [7, 11) is 0. The zero-order valence-electron chi connectivity index (χ0n) is 10.1. The molecule has 0 saturated heterocycles. The molecule has 0 aromatic heterocycles. The van der Waals surface area contributed by atoms with Crippen molar-refractivity contribution < 1.29 is 19.4 Å². The summed E-state index contributed by atoms with van der Waals surface area (Å²) in [5.41, 5.74) is 0. The second-order valence-electron chi connectivity index (χ2n) is 3.43. The highest BCUT2D eigenvalue weighted by molar-refractivity contribution is 5.76. The van der Waals surface area contributed by atoms with Crippen molar-refractivity contribution in [2.24, 2.45) is 0 Å². The van der Waals surface area contributed by atoms with E-state index in [0.29, 0.717) is 0 Å². The number of carboxylic acid groups (broad SMARTS) is 1. The lowest BCUT2D eigenvalue weighted by Crippen LogP contribution is -2.12. The molecular formula is C11H22O4. The fourth-order valence-electron chi connectivity index (χ4n) is 0.531. The molecule has 1 N–H and O–H groups in total. The summed E-state index contributed by atoms with van der Waals surface area (Å²) in [6.45, 7) is 7.80. The van der Waals surface area contributed by atoms with Gasteiger partial charge in [0.15, 0.2) is 0 Å². The van der Waals surface area contributed by atoms with Crippen LogP contribution in [0.5, 0.6) is 0 Å². The number of ether oxygens (including phenoxy) is 1. The molecule has 0 radical (unpaired) electrons. The van der Waals surface area contributed by atoms with Crippen molar-refractivity contribution >= 4 is 11.9 Å². The van der Waals surface area contributed by atoms with Crippen LogP contribution in [-0.2, 0) is 14.3 Å². The van der Waals surface area contributed by atoms with Gasteiger partial charge < -0.3 is 9.84 Å². The highest BCUT2D eigenvalue weighted by atomic mass is 16.5. The average Bonchev–Trinajstić information content (AvgIpc) is 2.14. The van der Waals surface area contributed by atoms with Crippen LogP contribution < -0.4 is 0 Å². The Labute approximate surface area is 91.6 Å². The van der Waals surface area contributed by atoms with Gasteiger partial charge in [0, 0.05) is 0 Å². The van der Waals surface area contributed by atoms with Gasteiger partial charge in [-0.2, -0.15) is 0 Å². The average molecular weight is 218 g/mol. The largest absolute Gasteiger partial charge is 0.481 e. The molecule has 0 spiro atoms. The molecule has 0 unspecified atom stereocenters. The highest BCUT2D eigenvalue weighted by Crippen LogP contribution is 1.96. The lowest BCUT2D eigenvalue weighted by atomic mass is 10.3. The minimum absolute atomic E-state index is 0.0481. The SMILES string of the molecule is CC(C)OC(=O)CCC(=O)O.CCCC. The molecule has 0 aliphatic carbocycles. The standard InChI is InChI=1S/C7H12O4.C4H10/c1-5(2)11-7(10)4-3-6(8)9;1-3-4-2/h5H,3-4H2,1-2H3,(H,8,9);3-4H2,1-2H3. The first-order chi connectivity index (χ1) is 6.93. The molecule has 90 valence electrons. The lowest BCUT2D eigenvalue weighted by Gasteiger charge is -2.05. The van der Waals surface area contributed by atoms with Crippen LogP contribution in [0, 0.1) is 0 Å². The van der Waals surface area contributed by atoms with E-state index in [2.05, 4.69) is 13.8 Å². The Balaban J connectivity index is 0. The molecule has 0 aliphatic rings. The summed E-state index contributed by atoms with van der Waals surface area (Å²) in [6.07, 6.45) is 2.26. The number of rotatable bonds is 5. The smallest absolute Gasteiger partial charge is 0.306 e. The molecule has 0 amide bonds. The molecule has 0 atom stereocenters. The minimum atomic E-state index is -0.981. The van der Waals surface area contributed by atoms with Crippen molar-refractivity contribution in [2.75, 3.05) is 0 Å². The van der Waals surface area contributed by atoms with Crippen LogP contribution in [0.15, 0.2) is 0 Å². The van der Waals surface area contributed by atoms with E-state index in [1.165, 1.54) is 12.8 Å². The Morgan fingerprint density at radius 3 is 1.87 bits per heavy atom. The fourth-order valence-corrected chi connectivity index (χ4v) is 0.531. The van der Waals surface area contributed by atoms with E-state index in [0.717, 1.165) is 0 Å². The quantitative estimate of drug-likeness (QED) is 0.720. The van der Waals surface area contributed by atoms with Crippen LogP contribution in [0.3, 0.4) is 0 Å². The fraction of sp³-hybridized carbons (Fsp3) is 0.818. The van der Waals surface area contributed by atoms with Gasteiger partial charge in [0.1, 0.15) is 0 Å². The maximum atomic E-state index is 10.7. The Morgan fingerprint density at radius 1 is 1.13 bits per heavy atom. The maximum Gasteiger partial charge on any atom is 0.306 e. The highest BCUT2D eigenvalue weighted by Gasteiger charge is 2.07. The van der Waals surface area contributed by atoms with Crippen LogP contribution >= 0.6 is 0 Å². The van der Waals surface area contributed by atoms with Crippen LogP contribution in [0.4, 0.5) is 0 Å². The predicted molar refractivity (Wildman–Crippen MR) is 58.7 cm³/mol. The van der Waals surface area contributed by atoms with E-state index in [9.17, 15) is 9.59 Å². The van der Waals surface area contributed by atoms with Crippen molar-refractivity contribution in [3.8, 4) is 0 Å². The molecule has 4 heteroatoms. The van der Waals surface area contributed by atoms with Gasteiger partial charge in [-0.15, -0.1) is 0 Å². The number of aliphatic carboxylic acids is 1. The normalized spacial score (nSPS) is 9.13. The van der Waals surface area contributed by atoms with Gasteiger partial charge in [0.2, 0.25) is 0 Å². The van der Waals surface area contributed by atoms with E-state index < -0.39 is 11.9 Å². The second kappa shape index (κ2) is 11.0. The molecule has 0 aliphatic heterocycles. The monoisotopic (exact) mass is 218 g/mol. The summed E-state index contributed by atoms with van der Waals surface area (Å²) in [6, 6.07) is 0. The molecule has 0 aromatic rings. The number of carboxylic acids is 1. The summed E-state index contributed by atoms with van der Waals surface area (Å²) >= 11 is 0. The minimum Gasteiger partial charge on any atom is -0.481 e. The topological polar surface area (TPSA) is 63.6 Å². The zero-order valence-corrected chi connectivity index (χ0v) is 10.1. The third kappa shape index (κ3) is 19.4. The molecule has 0 aromatic carbocycles. The van der Waals surface area contributed by atoms with Gasteiger partial charge in [0.25, 0.3) is 0 Å². The van der Waals surface area contributed by atoms with Gasteiger partial charge in [-0.05, 0) is 13.8 Å². The molecule has 0 bridgehead atoms. The van der Waals surface area contributed by atoms with E-state index in [1.807, 2.05) is 0 Å². The van der Waals surface area contributed by atoms with Gasteiger partial charge in [-0.1, -0.05) is 26.7 Å². The molecule has 4 nitrogen and oxygen atoms in total. The number of hydrogen-bond acceptors (Lipinski definition) is 3. The van der Waals surface area contributed by atoms with Crippen molar-refractivity contribution in [3.05, 3.63) is 0 Å². The van der Waals surface area contributed by atoms with E-state index in [4.69, 9.17) is 9.84 Å². The van der Waals surface area contributed by atoms with E-state index in [-0.39, 0.29) is 18.9 Å². The summed E-state index contributed by atoms with van der Waals surface area (Å²) in [5, 5.41) is 8.19. The van der Waals surface area contributed by atoms with E-state index >= 15 is 0 Å². The molecule has 0 fully saturated rings. The van der Waals surface area contributed by atoms with Crippen LogP contribution in [0.1, 0.15) is 53.4 Å². The Bertz CT molecular complexity index is 173. The van der Waals surface area contributed by atoms with Crippen LogP contribution in [-0.4, -0.2) is 23.1 Å². The van der Waals surface area contributed by atoms with Gasteiger partial charge in [-0.25, -0.2) is 0 Å². The van der Waals surface area contributed by atoms with Crippen LogP contribution in [0.25, 0.3) is 0 Å². The first-order valence-electron chi connectivity index (χ1n) is 5.35. The number of unbranched alkanes of at least 4 members (excludes halogenated alkanes) is 1. The molecule has 0 rings (SSSR count). The number of esters is 1. The second-order valence-corrected chi connectivity index (χ2v) is 3.43. The summed E-state index contributed by atoms with van der Waals surface area (Å²) in [4.78, 5) is 20.7. The molecule has 0 heterocycles. The predicted octanol–water partition coefficient (Wildman–Crippen LogP) is 2.61. The zero-order chi connectivity index (χ0) is 12.3.